The highest BCUT2D eigenvalue weighted by Gasteiger charge is 2.15. The number of aromatic nitrogens is 2. The van der Waals surface area contributed by atoms with Gasteiger partial charge in [-0.3, -0.25) is 0 Å². The average Bonchev–Trinajstić information content (AvgIpc) is 2.65. The molecule has 1 unspecified atom stereocenters. The topological polar surface area (TPSA) is 46.0 Å². The highest BCUT2D eigenvalue weighted by Crippen LogP contribution is 2.26. The molecule has 0 aliphatic rings. The molecule has 0 radical (unpaired) electrons. The lowest BCUT2D eigenvalue weighted by Gasteiger charge is -2.09. The number of aliphatic hydroxyl groups excluding tert-OH is 1. The zero-order valence-corrected chi connectivity index (χ0v) is 9.47. The van der Waals surface area contributed by atoms with Gasteiger partial charge in [-0.1, -0.05) is 30.5 Å². The molecule has 0 bridgehead atoms. The third-order valence-corrected chi connectivity index (χ3v) is 3.07. The summed E-state index contributed by atoms with van der Waals surface area (Å²) in [6.07, 6.45) is 1.87. The van der Waals surface area contributed by atoms with Gasteiger partial charge in [0.25, 0.3) is 0 Å². The zero-order chi connectivity index (χ0) is 10.6. The van der Waals surface area contributed by atoms with Gasteiger partial charge in [-0.25, -0.2) is 0 Å². The summed E-state index contributed by atoms with van der Waals surface area (Å²) in [5.74, 6) is 0. The quantitative estimate of drug-likeness (QED) is 0.763. The molecule has 14 heavy (non-hydrogen) atoms. The third kappa shape index (κ3) is 2.62. The van der Waals surface area contributed by atoms with Crippen LogP contribution in [0.5, 0.6) is 0 Å². The van der Waals surface area contributed by atoms with Crippen LogP contribution in [0.4, 0.5) is 0 Å². The SMILES string of the molecule is C=C(CC)CC(O)c1snnc1CC. The first-order valence-corrected chi connectivity index (χ1v) is 5.62. The predicted octanol–water partition coefficient (Wildman–Crippen LogP) is 2.49. The number of aliphatic hydroxyl groups is 1. The molecule has 1 aromatic heterocycles. The molecule has 0 aliphatic carbocycles. The molecule has 78 valence electrons. The van der Waals surface area contributed by atoms with Crippen LogP contribution in [-0.2, 0) is 6.42 Å². The van der Waals surface area contributed by atoms with E-state index in [0.717, 1.165) is 29.0 Å². The van der Waals surface area contributed by atoms with Crippen LogP contribution in [0.25, 0.3) is 0 Å². The summed E-state index contributed by atoms with van der Waals surface area (Å²) in [5.41, 5.74) is 1.97. The maximum atomic E-state index is 9.89. The van der Waals surface area contributed by atoms with E-state index in [0.29, 0.717) is 6.42 Å². The molecule has 1 N–H and O–H groups in total. The monoisotopic (exact) mass is 212 g/mol. The lowest BCUT2D eigenvalue weighted by Crippen LogP contribution is -1.99. The van der Waals surface area contributed by atoms with Crippen LogP contribution in [0.2, 0.25) is 0 Å². The van der Waals surface area contributed by atoms with Crippen molar-refractivity contribution >= 4 is 11.5 Å². The second-order valence-corrected chi connectivity index (χ2v) is 4.05. The Labute approximate surface area is 88.6 Å². The molecule has 0 aliphatic heterocycles. The molecule has 0 fully saturated rings. The summed E-state index contributed by atoms with van der Waals surface area (Å²) in [5, 5.41) is 13.9. The second-order valence-electron chi connectivity index (χ2n) is 3.26. The van der Waals surface area contributed by atoms with Crippen molar-refractivity contribution in [3.05, 3.63) is 22.7 Å². The van der Waals surface area contributed by atoms with Crippen molar-refractivity contribution in [2.24, 2.45) is 0 Å². The first-order chi connectivity index (χ1) is 6.69. The fraction of sp³-hybridized carbons (Fsp3) is 0.600. The smallest absolute Gasteiger partial charge is 0.0953 e. The highest BCUT2D eigenvalue weighted by atomic mass is 32.1. The number of aryl methyl sites for hydroxylation is 1. The van der Waals surface area contributed by atoms with E-state index < -0.39 is 6.10 Å². The third-order valence-electron chi connectivity index (χ3n) is 2.20. The summed E-state index contributed by atoms with van der Waals surface area (Å²) in [7, 11) is 0. The fourth-order valence-electron chi connectivity index (χ4n) is 1.22. The Morgan fingerprint density at radius 2 is 2.29 bits per heavy atom. The lowest BCUT2D eigenvalue weighted by molar-refractivity contribution is 0.180. The predicted molar refractivity (Wildman–Crippen MR) is 58.3 cm³/mol. The van der Waals surface area contributed by atoms with Gasteiger partial charge in [0.1, 0.15) is 0 Å². The van der Waals surface area contributed by atoms with E-state index in [2.05, 4.69) is 16.2 Å². The summed E-state index contributed by atoms with van der Waals surface area (Å²) in [4.78, 5) is 0.891. The Balaban J connectivity index is 2.68. The molecule has 4 heteroatoms. The van der Waals surface area contributed by atoms with Crippen molar-refractivity contribution in [3.8, 4) is 0 Å². The molecule has 0 spiro atoms. The molecule has 1 aromatic rings. The first-order valence-electron chi connectivity index (χ1n) is 4.84. The maximum Gasteiger partial charge on any atom is 0.0953 e. The van der Waals surface area contributed by atoms with E-state index in [-0.39, 0.29) is 0 Å². The van der Waals surface area contributed by atoms with Crippen LogP contribution in [0, 0.1) is 0 Å². The second kappa shape index (κ2) is 5.22. The zero-order valence-electron chi connectivity index (χ0n) is 8.66. The Hall–Kier alpha value is -0.740. The highest BCUT2D eigenvalue weighted by molar-refractivity contribution is 7.05. The molecule has 1 rings (SSSR count). The van der Waals surface area contributed by atoms with Crippen molar-refractivity contribution in [3.63, 3.8) is 0 Å². The van der Waals surface area contributed by atoms with Gasteiger partial charge in [-0.2, -0.15) is 0 Å². The normalized spacial score (nSPS) is 12.8. The molecule has 0 saturated heterocycles. The minimum absolute atomic E-state index is 0.475. The molecule has 3 nitrogen and oxygen atoms in total. The average molecular weight is 212 g/mol. The summed E-state index contributed by atoms with van der Waals surface area (Å²) < 4.78 is 3.85. The minimum atomic E-state index is -0.475. The van der Waals surface area contributed by atoms with E-state index in [1.165, 1.54) is 11.5 Å². The Morgan fingerprint density at radius 1 is 1.57 bits per heavy atom. The van der Waals surface area contributed by atoms with E-state index >= 15 is 0 Å². The van der Waals surface area contributed by atoms with Gasteiger partial charge in [0.2, 0.25) is 0 Å². The van der Waals surface area contributed by atoms with Crippen LogP contribution < -0.4 is 0 Å². The van der Waals surface area contributed by atoms with Gasteiger partial charge in [0.15, 0.2) is 0 Å². The summed E-state index contributed by atoms with van der Waals surface area (Å²) in [6.45, 7) is 7.94. The van der Waals surface area contributed by atoms with Crippen molar-refractivity contribution in [1.82, 2.24) is 9.59 Å². The molecule has 1 heterocycles. The summed E-state index contributed by atoms with van der Waals surface area (Å²) >= 11 is 1.28. The van der Waals surface area contributed by atoms with Crippen LogP contribution in [0.15, 0.2) is 12.2 Å². The molecule has 0 saturated carbocycles. The van der Waals surface area contributed by atoms with E-state index in [4.69, 9.17) is 0 Å². The van der Waals surface area contributed by atoms with Crippen LogP contribution in [-0.4, -0.2) is 14.7 Å². The molecule has 0 amide bonds. The largest absolute Gasteiger partial charge is 0.387 e. The molecular formula is C10H16N2OS. The van der Waals surface area contributed by atoms with E-state index in [9.17, 15) is 5.11 Å². The van der Waals surface area contributed by atoms with E-state index in [1.807, 2.05) is 13.8 Å². The van der Waals surface area contributed by atoms with Gasteiger partial charge in [0.05, 0.1) is 16.7 Å². The van der Waals surface area contributed by atoms with Gasteiger partial charge in [0, 0.05) is 0 Å². The summed E-state index contributed by atoms with van der Waals surface area (Å²) in [6, 6.07) is 0. The molecule has 1 atom stereocenters. The minimum Gasteiger partial charge on any atom is -0.387 e. The molecular weight excluding hydrogens is 196 g/mol. The van der Waals surface area contributed by atoms with Gasteiger partial charge >= 0.3 is 0 Å². The number of hydrogen-bond acceptors (Lipinski definition) is 4. The van der Waals surface area contributed by atoms with Gasteiger partial charge in [-0.05, 0) is 30.8 Å². The Kier molecular flexibility index (Phi) is 4.22. The lowest BCUT2D eigenvalue weighted by atomic mass is 10.1. The van der Waals surface area contributed by atoms with Crippen molar-refractivity contribution in [2.75, 3.05) is 0 Å². The standard InChI is InChI=1S/C10H16N2OS/c1-4-7(3)6-9(13)10-8(5-2)11-12-14-10/h9,13H,3-6H2,1-2H3. The number of hydrogen-bond donors (Lipinski definition) is 1. The van der Waals surface area contributed by atoms with E-state index in [1.54, 1.807) is 0 Å². The Morgan fingerprint density at radius 3 is 2.86 bits per heavy atom. The van der Waals surface area contributed by atoms with Gasteiger partial charge < -0.3 is 5.11 Å². The number of nitrogens with zero attached hydrogens (tertiary/aromatic N) is 2. The van der Waals surface area contributed by atoms with Crippen molar-refractivity contribution in [1.29, 1.82) is 0 Å². The van der Waals surface area contributed by atoms with Crippen LogP contribution in [0.3, 0.4) is 0 Å². The van der Waals surface area contributed by atoms with Crippen molar-refractivity contribution in [2.45, 2.75) is 39.2 Å². The first kappa shape index (κ1) is 11.3. The van der Waals surface area contributed by atoms with Gasteiger partial charge in [-0.15, -0.1) is 5.10 Å². The van der Waals surface area contributed by atoms with Crippen molar-refractivity contribution < 1.29 is 5.11 Å². The van der Waals surface area contributed by atoms with Crippen LogP contribution >= 0.6 is 11.5 Å². The Bertz CT molecular complexity index is 309. The molecule has 0 aromatic carbocycles. The fourth-order valence-corrected chi connectivity index (χ4v) is 1.95. The number of rotatable bonds is 5. The van der Waals surface area contributed by atoms with Crippen LogP contribution in [0.1, 0.15) is 43.4 Å². The maximum absolute atomic E-state index is 9.89.